The molecule has 0 spiro atoms. The van der Waals surface area contributed by atoms with Crippen molar-refractivity contribution in [2.24, 2.45) is 0 Å². The van der Waals surface area contributed by atoms with Crippen molar-refractivity contribution in [3.8, 4) is 22.5 Å². The second kappa shape index (κ2) is 12.9. The average molecular weight is 567 g/mol. The molecule has 0 radical (unpaired) electrons. The van der Waals surface area contributed by atoms with Crippen LogP contribution in [0.4, 0.5) is 5.69 Å². The fourth-order valence-corrected chi connectivity index (χ4v) is 6.26. The van der Waals surface area contributed by atoms with Gasteiger partial charge in [-0.2, -0.15) is 0 Å². The van der Waals surface area contributed by atoms with E-state index in [4.69, 9.17) is 4.98 Å². The lowest BCUT2D eigenvalue weighted by Gasteiger charge is -2.40. The van der Waals surface area contributed by atoms with Crippen LogP contribution in [0, 0.1) is 27.7 Å². The molecule has 0 amide bonds. The summed E-state index contributed by atoms with van der Waals surface area (Å²) < 4.78 is 0. The Balaban J connectivity index is 1.16. The number of anilines is 1. The van der Waals surface area contributed by atoms with Crippen LogP contribution < -0.4 is 4.90 Å². The largest absolute Gasteiger partial charge is 0.364 e. The lowest BCUT2D eigenvalue weighted by molar-refractivity contribution is 0.201. The minimum absolute atomic E-state index is 0.485. The number of piperidine rings is 1. The molecular formula is C39H42N4. The van der Waals surface area contributed by atoms with Gasteiger partial charge in [0, 0.05) is 61.4 Å². The Morgan fingerprint density at radius 3 is 1.95 bits per heavy atom. The second-order valence-electron chi connectivity index (χ2n) is 12.2. The fraction of sp³-hybridized carbons (Fsp3) is 0.282. The Hall–Kier alpha value is -4.28. The third kappa shape index (κ3) is 6.87. The summed E-state index contributed by atoms with van der Waals surface area (Å²) in [6.45, 7) is 12.7. The number of pyridine rings is 2. The van der Waals surface area contributed by atoms with Gasteiger partial charge in [-0.1, -0.05) is 48.0 Å². The lowest BCUT2D eigenvalue weighted by atomic mass is 9.98. The van der Waals surface area contributed by atoms with Gasteiger partial charge in [0.05, 0.1) is 11.4 Å². The molecule has 3 heterocycles. The zero-order valence-electron chi connectivity index (χ0n) is 25.9. The van der Waals surface area contributed by atoms with Crippen LogP contribution in [-0.2, 0) is 13.1 Å². The average Bonchev–Trinajstić information content (AvgIpc) is 3.04. The highest BCUT2D eigenvalue weighted by molar-refractivity contribution is 5.63. The zero-order valence-corrected chi connectivity index (χ0v) is 25.9. The molecule has 3 aromatic carbocycles. The molecule has 1 aliphatic rings. The smallest absolute Gasteiger partial charge is 0.0705 e. The van der Waals surface area contributed by atoms with Crippen LogP contribution in [0.25, 0.3) is 22.5 Å². The Morgan fingerprint density at radius 2 is 1.28 bits per heavy atom. The van der Waals surface area contributed by atoms with Gasteiger partial charge in [-0.3, -0.25) is 14.9 Å². The van der Waals surface area contributed by atoms with Gasteiger partial charge in [-0.15, -0.1) is 0 Å². The first-order valence-electron chi connectivity index (χ1n) is 15.5. The molecule has 1 aliphatic heterocycles. The monoisotopic (exact) mass is 566 g/mol. The van der Waals surface area contributed by atoms with E-state index in [-0.39, 0.29) is 0 Å². The Kier molecular flexibility index (Phi) is 8.67. The number of likely N-dealkylation sites (tertiary alicyclic amines) is 1. The summed E-state index contributed by atoms with van der Waals surface area (Å²) in [5.41, 5.74) is 13.7. The summed E-state index contributed by atoms with van der Waals surface area (Å²) >= 11 is 0. The minimum Gasteiger partial charge on any atom is -0.364 e. The van der Waals surface area contributed by atoms with Crippen LogP contribution in [-0.4, -0.2) is 34.0 Å². The first-order valence-corrected chi connectivity index (χ1v) is 15.5. The summed E-state index contributed by atoms with van der Waals surface area (Å²) in [6.07, 6.45) is 6.20. The van der Waals surface area contributed by atoms with E-state index in [0.29, 0.717) is 6.04 Å². The summed E-state index contributed by atoms with van der Waals surface area (Å²) in [4.78, 5) is 14.6. The van der Waals surface area contributed by atoms with Crippen molar-refractivity contribution in [1.82, 2.24) is 14.9 Å². The highest BCUT2D eigenvalue weighted by Crippen LogP contribution is 2.29. The lowest BCUT2D eigenvalue weighted by Crippen LogP contribution is -2.44. The molecule has 0 aliphatic carbocycles. The maximum atomic E-state index is 4.73. The Labute approximate surface area is 257 Å². The van der Waals surface area contributed by atoms with Crippen LogP contribution >= 0.6 is 0 Å². The third-order valence-electron chi connectivity index (χ3n) is 9.06. The molecule has 1 fully saturated rings. The van der Waals surface area contributed by atoms with Gasteiger partial charge in [-0.25, -0.2) is 0 Å². The normalized spacial score (nSPS) is 14.1. The van der Waals surface area contributed by atoms with E-state index in [1.807, 2.05) is 12.4 Å². The van der Waals surface area contributed by atoms with Crippen molar-refractivity contribution in [3.63, 3.8) is 0 Å². The molecule has 6 rings (SSSR count). The molecule has 0 bridgehead atoms. The highest BCUT2D eigenvalue weighted by atomic mass is 15.2. The number of benzene rings is 3. The van der Waals surface area contributed by atoms with Crippen molar-refractivity contribution in [3.05, 3.63) is 137 Å². The van der Waals surface area contributed by atoms with E-state index in [9.17, 15) is 0 Å². The molecular weight excluding hydrogens is 524 g/mol. The van der Waals surface area contributed by atoms with E-state index < -0.39 is 0 Å². The molecule has 0 saturated carbocycles. The first-order chi connectivity index (χ1) is 20.9. The molecule has 0 atom stereocenters. The van der Waals surface area contributed by atoms with E-state index in [1.165, 1.54) is 44.6 Å². The van der Waals surface area contributed by atoms with Gasteiger partial charge in [0.15, 0.2) is 0 Å². The standard InChI is InChI=1S/C39H42N4/c1-28-10-12-36(13-11-28)43(27-33-15-19-40-38(25-33)34-8-6-5-7-9-34)37-16-20-42(21-17-37)26-32-14-18-41-39(24-32)35-22-29(2)31(4)30(3)23-35/h5-15,18-19,22-25,37H,16-17,20-21,26-27H2,1-4H3. The van der Waals surface area contributed by atoms with Crippen molar-refractivity contribution in [2.45, 2.75) is 59.7 Å². The summed E-state index contributed by atoms with van der Waals surface area (Å²) in [7, 11) is 0. The molecule has 2 aromatic heterocycles. The van der Waals surface area contributed by atoms with Crippen LogP contribution in [0.1, 0.15) is 46.2 Å². The predicted octanol–water partition coefficient (Wildman–Crippen LogP) is 8.72. The maximum absolute atomic E-state index is 4.73. The SMILES string of the molecule is Cc1ccc(N(Cc2ccnc(-c3ccccc3)c2)C2CCN(Cc3ccnc(-c4cc(C)c(C)c(C)c4)c3)CC2)cc1. The van der Waals surface area contributed by atoms with Crippen LogP contribution in [0.3, 0.4) is 0 Å². The van der Waals surface area contributed by atoms with Gasteiger partial charge in [0.2, 0.25) is 0 Å². The van der Waals surface area contributed by atoms with Crippen molar-refractivity contribution in [2.75, 3.05) is 18.0 Å². The number of aryl methyl sites for hydroxylation is 3. The minimum atomic E-state index is 0.485. The topological polar surface area (TPSA) is 32.3 Å². The highest BCUT2D eigenvalue weighted by Gasteiger charge is 2.25. The molecule has 218 valence electrons. The molecule has 4 heteroatoms. The number of nitrogens with zero attached hydrogens (tertiary/aromatic N) is 4. The van der Waals surface area contributed by atoms with Crippen LogP contribution in [0.5, 0.6) is 0 Å². The molecule has 1 saturated heterocycles. The van der Waals surface area contributed by atoms with Gasteiger partial charge in [0.25, 0.3) is 0 Å². The summed E-state index contributed by atoms with van der Waals surface area (Å²) in [6, 6.07) is 33.4. The molecule has 5 aromatic rings. The summed E-state index contributed by atoms with van der Waals surface area (Å²) in [5, 5.41) is 0. The van der Waals surface area contributed by atoms with Gasteiger partial charge >= 0.3 is 0 Å². The van der Waals surface area contributed by atoms with E-state index >= 15 is 0 Å². The fourth-order valence-electron chi connectivity index (χ4n) is 6.26. The van der Waals surface area contributed by atoms with Crippen LogP contribution in [0.15, 0.2) is 103 Å². The maximum Gasteiger partial charge on any atom is 0.0705 e. The van der Waals surface area contributed by atoms with E-state index in [2.05, 4.69) is 133 Å². The van der Waals surface area contributed by atoms with Crippen molar-refractivity contribution in [1.29, 1.82) is 0 Å². The second-order valence-corrected chi connectivity index (χ2v) is 12.2. The molecule has 43 heavy (non-hydrogen) atoms. The molecule has 0 unspecified atom stereocenters. The summed E-state index contributed by atoms with van der Waals surface area (Å²) in [5.74, 6) is 0. The molecule has 4 nitrogen and oxygen atoms in total. The van der Waals surface area contributed by atoms with E-state index in [1.54, 1.807) is 0 Å². The Morgan fingerprint density at radius 1 is 0.674 bits per heavy atom. The van der Waals surface area contributed by atoms with Gasteiger partial charge in [0.1, 0.15) is 0 Å². The number of hydrogen-bond acceptors (Lipinski definition) is 4. The zero-order chi connectivity index (χ0) is 29.8. The first kappa shape index (κ1) is 28.8. The molecule has 0 N–H and O–H groups in total. The predicted molar refractivity (Wildman–Crippen MR) is 179 cm³/mol. The third-order valence-corrected chi connectivity index (χ3v) is 9.06. The number of hydrogen-bond donors (Lipinski definition) is 0. The van der Waals surface area contributed by atoms with E-state index in [0.717, 1.165) is 56.0 Å². The van der Waals surface area contributed by atoms with Crippen molar-refractivity contribution >= 4 is 5.69 Å². The number of rotatable bonds is 8. The van der Waals surface area contributed by atoms with Crippen molar-refractivity contribution < 1.29 is 0 Å². The van der Waals surface area contributed by atoms with Crippen LogP contribution in [0.2, 0.25) is 0 Å². The van der Waals surface area contributed by atoms with Gasteiger partial charge in [-0.05, 0) is 117 Å². The van der Waals surface area contributed by atoms with Gasteiger partial charge < -0.3 is 4.90 Å². The number of aromatic nitrogens is 2. The quantitative estimate of drug-likeness (QED) is 0.188. The Bertz CT molecular complexity index is 1650.